The summed E-state index contributed by atoms with van der Waals surface area (Å²) >= 11 is 0. The van der Waals surface area contributed by atoms with E-state index in [-0.39, 0.29) is 5.56 Å². The Kier molecular flexibility index (Phi) is 5.72. The van der Waals surface area contributed by atoms with Gasteiger partial charge in [0.1, 0.15) is 23.4 Å². The zero-order valence-corrected chi connectivity index (χ0v) is 20.0. The number of carbonyl (C=O) groups is 1. The monoisotopic (exact) mass is 491 g/mol. The van der Waals surface area contributed by atoms with Crippen LogP contribution >= 0.6 is 0 Å². The standard InChI is InChI=1S/C28H25N7O2/c29-25-24-23(16-35(20-4-1-2-5-20)26(24)32-17-31-25)18-7-9-19(10-8-18)33-27(36)22-6-3-15-34(28(22)37)21-11-13-30-14-12-21/h3,6-17,20H,1-2,4-5H2,(H,33,36)(H2,29,31,32). The van der Waals surface area contributed by atoms with Crippen LogP contribution in [0.5, 0.6) is 0 Å². The minimum Gasteiger partial charge on any atom is -0.383 e. The van der Waals surface area contributed by atoms with Crippen LogP contribution in [-0.2, 0) is 0 Å². The number of nitrogens with two attached hydrogens (primary N) is 1. The maximum atomic E-state index is 13.0. The number of aromatic nitrogens is 5. The van der Waals surface area contributed by atoms with Gasteiger partial charge in [0, 0.05) is 42.1 Å². The molecule has 1 aromatic carbocycles. The first-order chi connectivity index (χ1) is 18.1. The number of benzene rings is 1. The van der Waals surface area contributed by atoms with Gasteiger partial charge in [-0.25, -0.2) is 9.97 Å². The SMILES string of the molecule is Nc1ncnc2c1c(-c1ccc(NC(=O)c3cccn(-c4ccncc4)c3=O)cc1)cn2C1CCCC1. The van der Waals surface area contributed by atoms with Crippen molar-refractivity contribution in [2.24, 2.45) is 0 Å². The number of fused-ring (bicyclic) bond motifs is 1. The fraction of sp³-hybridized carbons (Fsp3) is 0.179. The summed E-state index contributed by atoms with van der Waals surface area (Å²) in [6.45, 7) is 0. The molecular formula is C28H25N7O2. The van der Waals surface area contributed by atoms with Crippen molar-refractivity contribution in [3.8, 4) is 16.8 Å². The molecular weight excluding hydrogens is 466 g/mol. The van der Waals surface area contributed by atoms with E-state index in [4.69, 9.17) is 5.73 Å². The number of nitrogens with one attached hydrogen (secondary N) is 1. The van der Waals surface area contributed by atoms with E-state index in [1.807, 2.05) is 24.3 Å². The lowest BCUT2D eigenvalue weighted by Gasteiger charge is -2.12. The normalized spacial score (nSPS) is 13.7. The molecule has 4 aromatic heterocycles. The third-order valence-electron chi connectivity index (χ3n) is 6.94. The van der Waals surface area contributed by atoms with Gasteiger partial charge in [-0.3, -0.25) is 19.1 Å². The summed E-state index contributed by atoms with van der Waals surface area (Å²) in [6.07, 6.45) is 13.1. The molecule has 9 heteroatoms. The van der Waals surface area contributed by atoms with E-state index in [1.165, 1.54) is 29.8 Å². The summed E-state index contributed by atoms with van der Waals surface area (Å²) in [6, 6.07) is 14.5. The number of anilines is 2. The van der Waals surface area contributed by atoms with Crippen LogP contribution in [0.15, 0.2) is 84.4 Å². The molecule has 1 fully saturated rings. The highest BCUT2D eigenvalue weighted by molar-refractivity contribution is 6.04. The second-order valence-electron chi connectivity index (χ2n) is 9.18. The number of hydrogen-bond donors (Lipinski definition) is 2. The fourth-order valence-electron chi connectivity index (χ4n) is 5.09. The van der Waals surface area contributed by atoms with Crippen LogP contribution in [0.2, 0.25) is 0 Å². The summed E-state index contributed by atoms with van der Waals surface area (Å²) < 4.78 is 3.65. The van der Waals surface area contributed by atoms with Gasteiger partial charge in [-0.15, -0.1) is 0 Å². The van der Waals surface area contributed by atoms with Crippen molar-refractivity contribution in [2.75, 3.05) is 11.1 Å². The van der Waals surface area contributed by atoms with Gasteiger partial charge in [0.15, 0.2) is 0 Å². The molecule has 4 heterocycles. The van der Waals surface area contributed by atoms with Crippen molar-refractivity contribution >= 4 is 28.4 Å². The second-order valence-corrected chi connectivity index (χ2v) is 9.18. The van der Waals surface area contributed by atoms with Gasteiger partial charge in [-0.05, 0) is 54.8 Å². The van der Waals surface area contributed by atoms with Crippen molar-refractivity contribution < 1.29 is 4.79 Å². The van der Waals surface area contributed by atoms with Crippen molar-refractivity contribution in [3.63, 3.8) is 0 Å². The first kappa shape index (κ1) is 22.7. The Labute approximate surface area is 212 Å². The number of rotatable bonds is 5. The van der Waals surface area contributed by atoms with E-state index in [1.54, 1.807) is 36.8 Å². The van der Waals surface area contributed by atoms with Crippen molar-refractivity contribution in [1.82, 2.24) is 24.1 Å². The number of hydrogen-bond acceptors (Lipinski definition) is 6. The summed E-state index contributed by atoms with van der Waals surface area (Å²) in [5.41, 5.74) is 9.89. The zero-order chi connectivity index (χ0) is 25.4. The number of nitrogen functional groups attached to an aromatic ring is 1. The average Bonchev–Trinajstić information content (AvgIpc) is 3.59. The molecule has 5 aromatic rings. The smallest absolute Gasteiger partial charge is 0.267 e. The maximum absolute atomic E-state index is 13.0. The molecule has 0 atom stereocenters. The van der Waals surface area contributed by atoms with Gasteiger partial charge >= 0.3 is 0 Å². The zero-order valence-electron chi connectivity index (χ0n) is 20.0. The van der Waals surface area contributed by atoms with Crippen molar-refractivity contribution in [1.29, 1.82) is 0 Å². The van der Waals surface area contributed by atoms with E-state index in [0.29, 0.717) is 23.2 Å². The van der Waals surface area contributed by atoms with Crippen LogP contribution in [0.1, 0.15) is 42.1 Å². The van der Waals surface area contributed by atoms with Crippen LogP contribution < -0.4 is 16.6 Å². The van der Waals surface area contributed by atoms with Crippen molar-refractivity contribution in [3.05, 3.63) is 95.6 Å². The van der Waals surface area contributed by atoms with Crippen LogP contribution in [0.25, 0.3) is 27.8 Å². The largest absolute Gasteiger partial charge is 0.383 e. The van der Waals surface area contributed by atoms with Gasteiger partial charge in [-0.1, -0.05) is 25.0 Å². The predicted octanol–water partition coefficient (Wildman–Crippen LogP) is 4.59. The van der Waals surface area contributed by atoms with Gasteiger partial charge in [-0.2, -0.15) is 0 Å². The Morgan fingerprint density at radius 1 is 1.00 bits per heavy atom. The molecule has 3 N–H and O–H groups in total. The molecule has 37 heavy (non-hydrogen) atoms. The molecule has 184 valence electrons. The minimum atomic E-state index is -0.475. The average molecular weight is 492 g/mol. The molecule has 1 aliphatic rings. The van der Waals surface area contributed by atoms with E-state index in [2.05, 4.69) is 31.0 Å². The van der Waals surface area contributed by atoms with Gasteiger partial charge in [0.2, 0.25) is 0 Å². The lowest BCUT2D eigenvalue weighted by atomic mass is 10.1. The van der Waals surface area contributed by atoms with E-state index < -0.39 is 11.5 Å². The summed E-state index contributed by atoms with van der Waals surface area (Å²) in [5.74, 6) is -0.0275. The van der Waals surface area contributed by atoms with Gasteiger partial charge in [0.25, 0.3) is 11.5 Å². The molecule has 0 aliphatic heterocycles. The van der Waals surface area contributed by atoms with Crippen LogP contribution in [0, 0.1) is 0 Å². The van der Waals surface area contributed by atoms with Gasteiger partial charge < -0.3 is 15.6 Å². The predicted molar refractivity (Wildman–Crippen MR) is 143 cm³/mol. The summed E-state index contributed by atoms with van der Waals surface area (Å²) in [7, 11) is 0. The highest BCUT2D eigenvalue weighted by atomic mass is 16.2. The Morgan fingerprint density at radius 2 is 1.76 bits per heavy atom. The molecule has 0 bridgehead atoms. The number of amides is 1. The molecule has 1 saturated carbocycles. The number of carbonyl (C=O) groups excluding carboxylic acids is 1. The lowest BCUT2D eigenvalue weighted by molar-refractivity contribution is 0.102. The Hall–Kier alpha value is -4.79. The van der Waals surface area contributed by atoms with Crippen LogP contribution in [0.3, 0.4) is 0 Å². The third kappa shape index (κ3) is 4.14. The van der Waals surface area contributed by atoms with E-state index >= 15 is 0 Å². The van der Waals surface area contributed by atoms with E-state index in [9.17, 15) is 9.59 Å². The van der Waals surface area contributed by atoms with Gasteiger partial charge in [0.05, 0.1) is 11.1 Å². The number of pyridine rings is 2. The molecule has 9 nitrogen and oxygen atoms in total. The first-order valence-electron chi connectivity index (χ1n) is 12.2. The van der Waals surface area contributed by atoms with Crippen LogP contribution in [0.4, 0.5) is 11.5 Å². The summed E-state index contributed by atoms with van der Waals surface area (Å²) in [4.78, 5) is 38.7. The first-order valence-corrected chi connectivity index (χ1v) is 12.2. The maximum Gasteiger partial charge on any atom is 0.267 e. The molecule has 1 amide bonds. The molecule has 6 rings (SSSR count). The summed E-state index contributed by atoms with van der Waals surface area (Å²) in [5, 5.41) is 3.68. The Balaban J connectivity index is 1.29. The minimum absolute atomic E-state index is 0.0490. The highest BCUT2D eigenvalue weighted by Crippen LogP contribution is 2.38. The lowest BCUT2D eigenvalue weighted by Crippen LogP contribution is -2.27. The highest BCUT2D eigenvalue weighted by Gasteiger charge is 2.23. The second kappa shape index (κ2) is 9.34. The fourth-order valence-corrected chi connectivity index (χ4v) is 5.09. The molecule has 0 unspecified atom stereocenters. The topological polar surface area (TPSA) is 121 Å². The molecule has 0 spiro atoms. The third-order valence-corrected chi connectivity index (χ3v) is 6.94. The van der Waals surface area contributed by atoms with Crippen LogP contribution in [-0.4, -0.2) is 30.0 Å². The van der Waals surface area contributed by atoms with Crippen molar-refractivity contribution in [2.45, 2.75) is 31.7 Å². The molecule has 0 saturated heterocycles. The molecule has 1 aliphatic carbocycles. The van der Waals surface area contributed by atoms with E-state index in [0.717, 1.165) is 35.0 Å². The Bertz CT molecular complexity index is 1650. The quantitative estimate of drug-likeness (QED) is 0.371. The molecule has 0 radical (unpaired) electrons. The number of nitrogens with zero attached hydrogens (tertiary/aromatic N) is 5. The Morgan fingerprint density at radius 3 is 2.51 bits per heavy atom.